The Labute approximate surface area is 213 Å². The molecular formula is C29H40N3O2S+. The van der Waals surface area contributed by atoms with E-state index in [0.717, 1.165) is 56.9 Å². The van der Waals surface area contributed by atoms with Crippen LogP contribution >= 0.6 is 11.3 Å². The number of quaternary nitrogens is 1. The van der Waals surface area contributed by atoms with E-state index in [2.05, 4.69) is 40.5 Å². The summed E-state index contributed by atoms with van der Waals surface area (Å²) in [5.41, 5.74) is 2.59. The van der Waals surface area contributed by atoms with Crippen molar-refractivity contribution < 1.29 is 14.8 Å². The lowest BCUT2D eigenvalue weighted by molar-refractivity contribution is -0.640. The zero-order chi connectivity index (χ0) is 23.8. The molecule has 3 fully saturated rings. The molecule has 4 atom stereocenters. The Hall–Kier alpha value is -1.92. The number of rotatable bonds is 4. The molecule has 0 bridgehead atoms. The molecule has 6 rings (SSSR count). The number of methoxy groups -OCH3 is 1. The molecule has 1 unspecified atom stereocenters. The van der Waals surface area contributed by atoms with Gasteiger partial charge in [-0.05, 0) is 62.3 Å². The van der Waals surface area contributed by atoms with E-state index in [9.17, 15) is 4.79 Å². The van der Waals surface area contributed by atoms with Gasteiger partial charge in [0.15, 0.2) is 0 Å². The number of thiazole rings is 1. The second-order valence-corrected chi connectivity index (χ2v) is 12.3. The van der Waals surface area contributed by atoms with Crippen molar-refractivity contribution in [1.82, 2.24) is 9.88 Å². The number of piperidine rings is 1. The second-order valence-electron chi connectivity index (χ2n) is 11.4. The molecule has 2 aliphatic carbocycles. The Morgan fingerprint density at radius 1 is 1.14 bits per heavy atom. The first-order valence-corrected chi connectivity index (χ1v) is 14.7. The number of ether oxygens (including phenoxy) is 1. The van der Waals surface area contributed by atoms with Crippen LogP contribution in [-0.4, -0.2) is 48.6 Å². The minimum absolute atomic E-state index is 0.0612. The van der Waals surface area contributed by atoms with Crippen molar-refractivity contribution in [3.8, 4) is 5.19 Å². The number of carbonyl (C=O) groups excluding carboxylic acids is 1. The summed E-state index contributed by atoms with van der Waals surface area (Å²) in [6, 6.07) is 11.4. The SMILES string of the molecule is COc1nc2c(s1)[C@]1(CCC2)C[NH2+]CC1C(=O)N1CC[C@@H](c2ccccc2)C[C@H]1C1CCCCC1. The highest BCUT2D eigenvalue weighted by Crippen LogP contribution is 2.49. The first-order chi connectivity index (χ1) is 17.2. The van der Waals surface area contributed by atoms with Gasteiger partial charge < -0.3 is 15.0 Å². The quantitative estimate of drug-likeness (QED) is 0.690. The first kappa shape index (κ1) is 23.5. The number of nitrogens with two attached hydrogens (primary N) is 1. The highest BCUT2D eigenvalue weighted by Gasteiger charge is 2.56. The lowest BCUT2D eigenvalue weighted by Crippen LogP contribution is -2.82. The molecule has 35 heavy (non-hydrogen) atoms. The Kier molecular flexibility index (Phi) is 6.61. The van der Waals surface area contributed by atoms with Gasteiger partial charge in [0, 0.05) is 17.5 Å². The van der Waals surface area contributed by atoms with Gasteiger partial charge in [-0.2, -0.15) is 0 Å². The zero-order valence-electron chi connectivity index (χ0n) is 21.1. The number of amides is 1. The molecule has 0 radical (unpaired) electrons. The molecule has 1 saturated carbocycles. The van der Waals surface area contributed by atoms with Gasteiger partial charge in [0.2, 0.25) is 5.91 Å². The summed E-state index contributed by atoms with van der Waals surface area (Å²) in [6.45, 7) is 2.83. The zero-order valence-corrected chi connectivity index (χ0v) is 21.9. The molecule has 3 heterocycles. The molecule has 1 aromatic heterocycles. The monoisotopic (exact) mass is 494 g/mol. The Balaban J connectivity index is 1.30. The van der Waals surface area contributed by atoms with Gasteiger partial charge in [0.1, 0.15) is 5.92 Å². The standard InChI is InChI=1S/C29H39N3O2S/c1-34-28-31-24-13-8-15-29(26(24)35-28)19-30-18-23(29)27(33)32-16-14-22(20-9-4-2-5-10-20)17-25(32)21-11-6-3-7-12-21/h2,4-5,9-10,21-23,25,30H,3,6-8,11-19H2,1H3/p+1/t22-,23?,25+,29-/m1/s1. The minimum atomic E-state index is -0.0630. The number of likely N-dealkylation sites (tertiary alicyclic amines) is 1. The van der Waals surface area contributed by atoms with Gasteiger partial charge in [0.05, 0.1) is 31.3 Å². The highest BCUT2D eigenvalue weighted by molar-refractivity contribution is 7.13. The Morgan fingerprint density at radius 2 is 1.97 bits per heavy atom. The maximum absolute atomic E-state index is 14.5. The second kappa shape index (κ2) is 9.85. The number of fused-ring (bicyclic) bond motifs is 2. The molecule has 1 aromatic carbocycles. The van der Waals surface area contributed by atoms with Gasteiger partial charge >= 0.3 is 0 Å². The summed E-state index contributed by atoms with van der Waals surface area (Å²) in [5.74, 6) is 1.72. The molecule has 2 aliphatic heterocycles. The maximum atomic E-state index is 14.5. The normalized spacial score (nSPS) is 31.5. The Bertz CT molecular complexity index is 1030. The van der Waals surface area contributed by atoms with E-state index in [1.165, 1.54) is 48.2 Å². The van der Waals surface area contributed by atoms with Gasteiger partial charge in [-0.25, -0.2) is 4.98 Å². The fourth-order valence-corrected chi connectivity index (χ4v) is 9.08. The van der Waals surface area contributed by atoms with Crippen molar-refractivity contribution in [3.05, 3.63) is 46.5 Å². The summed E-state index contributed by atoms with van der Waals surface area (Å²) in [5, 5.41) is 3.16. The molecule has 1 spiro atoms. The predicted molar refractivity (Wildman–Crippen MR) is 139 cm³/mol. The van der Waals surface area contributed by atoms with Crippen LogP contribution < -0.4 is 10.1 Å². The van der Waals surface area contributed by atoms with Crippen LogP contribution in [-0.2, 0) is 16.6 Å². The summed E-state index contributed by atoms with van der Waals surface area (Å²) in [4.78, 5) is 23.0. The fourth-order valence-electron chi connectivity index (χ4n) is 7.87. The van der Waals surface area contributed by atoms with Crippen molar-refractivity contribution in [3.63, 3.8) is 0 Å². The molecule has 5 nitrogen and oxygen atoms in total. The van der Waals surface area contributed by atoms with Gasteiger partial charge in [-0.3, -0.25) is 4.79 Å². The topological polar surface area (TPSA) is 59.0 Å². The molecule has 2 N–H and O–H groups in total. The van der Waals surface area contributed by atoms with Crippen LogP contribution in [0.3, 0.4) is 0 Å². The van der Waals surface area contributed by atoms with Crippen molar-refractivity contribution in [2.24, 2.45) is 11.8 Å². The van der Waals surface area contributed by atoms with E-state index in [4.69, 9.17) is 9.72 Å². The predicted octanol–water partition coefficient (Wildman–Crippen LogP) is 4.27. The largest absolute Gasteiger partial charge is 0.473 e. The van der Waals surface area contributed by atoms with Crippen molar-refractivity contribution in [2.45, 2.75) is 81.6 Å². The molecule has 188 valence electrons. The molecule has 2 aromatic rings. The average Bonchev–Trinajstić information content (AvgIpc) is 3.54. The molecule has 2 saturated heterocycles. The van der Waals surface area contributed by atoms with E-state index in [0.29, 0.717) is 23.8 Å². The summed E-state index contributed by atoms with van der Waals surface area (Å²) >= 11 is 1.70. The number of nitrogens with zero attached hydrogens (tertiary/aromatic N) is 2. The van der Waals surface area contributed by atoms with Crippen molar-refractivity contribution >= 4 is 17.2 Å². The third-order valence-electron chi connectivity index (χ3n) is 9.61. The van der Waals surface area contributed by atoms with Crippen LogP contribution in [0.1, 0.15) is 79.8 Å². The number of hydrogen-bond acceptors (Lipinski definition) is 4. The van der Waals surface area contributed by atoms with Gasteiger partial charge in [-0.15, -0.1) is 0 Å². The van der Waals surface area contributed by atoms with Gasteiger partial charge in [-0.1, -0.05) is 60.9 Å². The third-order valence-corrected chi connectivity index (χ3v) is 10.9. The van der Waals surface area contributed by atoms with Gasteiger partial charge in [0.25, 0.3) is 5.19 Å². The lowest BCUT2D eigenvalue weighted by atomic mass is 9.68. The van der Waals surface area contributed by atoms with Crippen LogP contribution in [0.4, 0.5) is 0 Å². The number of hydrogen-bond donors (Lipinski definition) is 1. The summed E-state index contributed by atoms with van der Waals surface area (Å²) in [6.07, 6.45) is 12.0. The minimum Gasteiger partial charge on any atom is -0.473 e. The number of aromatic nitrogens is 1. The number of aryl methyl sites for hydroxylation is 1. The fraction of sp³-hybridized carbons (Fsp3) is 0.655. The lowest BCUT2D eigenvalue weighted by Gasteiger charge is -2.47. The molecule has 4 aliphatic rings. The smallest absolute Gasteiger partial charge is 0.273 e. The number of benzene rings is 1. The molecule has 6 heteroatoms. The third kappa shape index (κ3) is 4.21. The molecule has 1 amide bonds. The van der Waals surface area contributed by atoms with E-state index < -0.39 is 0 Å². The maximum Gasteiger partial charge on any atom is 0.273 e. The average molecular weight is 495 g/mol. The highest BCUT2D eigenvalue weighted by atomic mass is 32.1. The summed E-state index contributed by atoms with van der Waals surface area (Å²) in [7, 11) is 1.71. The van der Waals surface area contributed by atoms with Crippen LogP contribution in [0, 0.1) is 11.8 Å². The Morgan fingerprint density at radius 3 is 2.77 bits per heavy atom. The van der Waals surface area contributed by atoms with Crippen LogP contribution in [0.5, 0.6) is 5.19 Å². The molecular weight excluding hydrogens is 454 g/mol. The number of carbonyl (C=O) groups is 1. The van der Waals surface area contributed by atoms with Crippen LogP contribution in [0.25, 0.3) is 0 Å². The first-order valence-electron chi connectivity index (χ1n) is 13.9. The summed E-state index contributed by atoms with van der Waals surface area (Å²) < 4.78 is 5.53. The van der Waals surface area contributed by atoms with Crippen LogP contribution in [0.15, 0.2) is 30.3 Å². The van der Waals surface area contributed by atoms with Crippen molar-refractivity contribution in [2.75, 3.05) is 26.7 Å². The van der Waals surface area contributed by atoms with E-state index in [1.807, 2.05) is 0 Å². The van der Waals surface area contributed by atoms with E-state index >= 15 is 0 Å². The van der Waals surface area contributed by atoms with E-state index in [1.54, 1.807) is 18.4 Å². The van der Waals surface area contributed by atoms with Crippen LogP contribution in [0.2, 0.25) is 0 Å². The van der Waals surface area contributed by atoms with Crippen molar-refractivity contribution in [1.29, 1.82) is 0 Å². The van der Waals surface area contributed by atoms with E-state index in [-0.39, 0.29) is 11.3 Å².